The van der Waals surface area contributed by atoms with Crippen LogP contribution in [0, 0.1) is 0 Å². The van der Waals surface area contributed by atoms with E-state index in [1.807, 2.05) is 12.1 Å². The molecule has 1 aliphatic heterocycles. The molecule has 10 heteroatoms. The molecule has 3 rings (SSSR count). The van der Waals surface area contributed by atoms with Gasteiger partial charge >= 0.3 is 0 Å². The second-order valence-electron chi connectivity index (χ2n) is 6.28. The van der Waals surface area contributed by atoms with Crippen LogP contribution in [-0.2, 0) is 24.1 Å². The Balaban J connectivity index is 0. The number of benzene rings is 1. The maximum absolute atomic E-state index is 11.3. The number of hydrazine groups is 1. The Morgan fingerprint density at radius 1 is 0.966 bits per heavy atom. The van der Waals surface area contributed by atoms with E-state index in [1.165, 1.54) is 5.56 Å². The number of halogens is 4. The summed E-state index contributed by atoms with van der Waals surface area (Å²) in [6.45, 7) is 4.05. The minimum absolute atomic E-state index is 0. The fraction of sp³-hybridized carbons (Fsp3) is 0.368. The molecule has 2 heterocycles. The van der Waals surface area contributed by atoms with E-state index in [9.17, 15) is 4.79 Å². The Bertz CT molecular complexity index is 712. The van der Waals surface area contributed by atoms with Gasteiger partial charge in [-0.25, -0.2) is 10.8 Å². The zero-order valence-electron chi connectivity index (χ0n) is 16.0. The Hall–Kier alpha value is -1.28. The number of hydrogen-bond donors (Lipinski definition) is 3. The molecule has 2 aromatic rings. The van der Waals surface area contributed by atoms with E-state index in [1.54, 1.807) is 0 Å². The van der Waals surface area contributed by atoms with Gasteiger partial charge in [0.15, 0.2) is 0 Å². The first-order chi connectivity index (χ1) is 12.2. The highest BCUT2D eigenvalue weighted by atomic mass is 35.5. The molecule has 1 aromatic carbocycles. The molecule has 0 radical (unpaired) electrons. The van der Waals surface area contributed by atoms with Crippen LogP contribution in [0.4, 0.5) is 5.82 Å². The number of carbonyl (C=O) groups excluding carboxylic acids is 1. The summed E-state index contributed by atoms with van der Waals surface area (Å²) in [5, 5.41) is 3.36. The molecule has 29 heavy (non-hydrogen) atoms. The van der Waals surface area contributed by atoms with E-state index >= 15 is 0 Å². The van der Waals surface area contributed by atoms with Crippen LogP contribution in [-0.4, -0.2) is 37.1 Å². The van der Waals surface area contributed by atoms with Gasteiger partial charge in [0.1, 0.15) is 5.82 Å². The number of amides is 1. The average molecular weight is 485 g/mol. The van der Waals surface area contributed by atoms with Crippen molar-refractivity contribution >= 4 is 61.4 Å². The van der Waals surface area contributed by atoms with Crippen LogP contribution in [0.5, 0.6) is 0 Å². The standard InChI is InChI=1S/C19H25N5O.4ClH/c20-23-19(25)14-16-6-4-15(5-7-16)8-9-17-2-1-3-18(22-17)24-12-10-21-11-13-24;;;;/h1-7,21H,8-14,20H2,(H,23,25);4*1H. The fourth-order valence-electron chi connectivity index (χ4n) is 3.01. The van der Waals surface area contributed by atoms with Crippen LogP contribution in [0.1, 0.15) is 16.8 Å². The first-order valence-electron chi connectivity index (χ1n) is 8.73. The van der Waals surface area contributed by atoms with Gasteiger partial charge < -0.3 is 10.2 Å². The highest BCUT2D eigenvalue weighted by molar-refractivity contribution is 5.86. The molecule has 1 saturated heterocycles. The smallest absolute Gasteiger partial charge is 0.238 e. The van der Waals surface area contributed by atoms with Crippen molar-refractivity contribution in [3.63, 3.8) is 0 Å². The maximum Gasteiger partial charge on any atom is 0.238 e. The molecule has 1 amide bonds. The third kappa shape index (κ3) is 9.38. The van der Waals surface area contributed by atoms with Gasteiger partial charge in [-0.05, 0) is 36.1 Å². The summed E-state index contributed by atoms with van der Waals surface area (Å²) in [4.78, 5) is 18.4. The third-order valence-corrected chi connectivity index (χ3v) is 4.45. The summed E-state index contributed by atoms with van der Waals surface area (Å²) < 4.78 is 0. The summed E-state index contributed by atoms with van der Waals surface area (Å²) >= 11 is 0. The van der Waals surface area contributed by atoms with Gasteiger partial charge in [0.05, 0.1) is 6.42 Å². The summed E-state index contributed by atoms with van der Waals surface area (Å²) in [6, 6.07) is 14.4. The minimum atomic E-state index is -0.179. The summed E-state index contributed by atoms with van der Waals surface area (Å²) in [6.07, 6.45) is 2.15. The molecule has 4 N–H and O–H groups in total. The highest BCUT2D eigenvalue weighted by Gasteiger charge is 2.11. The number of carbonyl (C=O) groups is 1. The van der Waals surface area contributed by atoms with Gasteiger partial charge in [0.25, 0.3) is 0 Å². The zero-order chi connectivity index (χ0) is 17.5. The monoisotopic (exact) mass is 483 g/mol. The van der Waals surface area contributed by atoms with Gasteiger partial charge in [-0.3, -0.25) is 10.2 Å². The van der Waals surface area contributed by atoms with E-state index in [0.717, 1.165) is 56.1 Å². The molecule has 0 bridgehead atoms. The fourth-order valence-corrected chi connectivity index (χ4v) is 3.01. The average Bonchev–Trinajstić information content (AvgIpc) is 2.68. The molecular weight excluding hydrogens is 456 g/mol. The lowest BCUT2D eigenvalue weighted by atomic mass is 10.0. The second-order valence-corrected chi connectivity index (χ2v) is 6.28. The first kappa shape index (κ1) is 29.9. The summed E-state index contributed by atoms with van der Waals surface area (Å²) in [5.41, 5.74) is 5.47. The topological polar surface area (TPSA) is 83.3 Å². The first-order valence-corrected chi connectivity index (χ1v) is 8.73. The number of nitrogens with zero attached hydrogens (tertiary/aromatic N) is 2. The molecule has 6 nitrogen and oxygen atoms in total. The number of nitrogens with two attached hydrogens (primary N) is 1. The van der Waals surface area contributed by atoms with Crippen molar-refractivity contribution in [2.75, 3.05) is 31.1 Å². The number of pyridine rings is 1. The predicted octanol–water partition coefficient (Wildman–Crippen LogP) is 2.50. The molecule has 1 aromatic heterocycles. The summed E-state index contributed by atoms with van der Waals surface area (Å²) in [7, 11) is 0. The van der Waals surface area contributed by atoms with Crippen molar-refractivity contribution in [3.05, 3.63) is 59.3 Å². The van der Waals surface area contributed by atoms with Gasteiger partial charge in [0, 0.05) is 31.9 Å². The quantitative estimate of drug-likeness (QED) is 0.333. The SMILES string of the molecule is Cl.Cl.Cl.Cl.NNC(=O)Cc1ccc(CCc2cccc(N3CCNCC3)n2)cc1. The van der Waals surface area contributed by atoms with Crippen molar-refractivity contribution in [2.45, 2.75) is 19.3 Å². The molecule has 0 aliphatic carbocycles. The van der Waals surface area contributed by atoms with Gasteiger partial charge in [0.2, 0.25) is 5.91 Å². The summed E-state index contributed by atoms with van der Waals surface area (Å²) in [5.74, 6) is 6.01. The Morgan fingerprint density at radius 2 is 1.59 bits per heavy atom. The molecule has 0 saturated carbocycles. The Morgan fingerprint density at radius 3 is 2.21 bits per heavy atom. The number of hydrogen-bond acceptors (Lipinski definition) is 5. The molecule has 1 aliphatic rings. The van der Waals surface area contributed by atoms with Crippen LogP contribution in [0.15, 0.2) is 42.5 Å². The van der Waals surface area contributed by atoms with Crippen LogP contribution in [0.3, 0.4) is 0 Å². The normalized spacial score (nSPS) is 12.4. The predicted molar refractivity (Wildman–Crippen MR) is 128 cm³/mol. The minimum Gasteiger partial charge on any atom is -0.354 e. The third-order valence-electron chi connectivity index (χ3n) is 4.45. The molecule has 1 fully saturated rings. The number of nitrogens with one attached hydrogen (secondary N) is 2. The lowest BCUT2D eigenvalue weighted by molar-refractivity contribution is -0.120. The van der Waals surface area contributed by atoms with Crippen molar-refractivity contribution in [1.29, 1.82) is 0 Å². The van der Waals surface area contributed by atoms with E-state index in [2.05, 4.69) is 46.0 Å². The molecule has 0 atom stereocenters. The van der Waals surface area contributed by atoms with Crippen molar-refractivity contribution in [3.8, 4) is 0 Å². The van der Waals surface area contributed by atoms with E-state index in [0.29, 0.717) is 6.42 Å². The van der Waals surface area contributed by atoms with Crippen molar-refractivity contribution in [2.24, 2.45) is 5.84 Å². The van der Waals surface area contributed by atoms with Crippen LogP contribution >= 0.6 is 49.6 Å². The number of anilines is 1. The molecule has 164 valence electrons. The largest absolute Gasteiger partial charge is 0.354 e. The van der Waals surface area contributed by atoms with Gasteiger partial charge in [-0.2, -0.15) is 0 Å². The Labute approximate surface area is 197 Å². The lowest BCUT2D eigenvalue weighted by Crippen LogP contribution is -2.43. The number of rotatable bonds is 6. The van der Waals surface area contributed by atoms with Gasteiger partial charge in [-0.1, -0.05) is 30.3 Å². The van der Waals surface area contributed by atoms with Crippen LogP contribution in [0.2, 0.25) is 0 Å². The second kappa shape index (κ2) is 15.5. The van der Waals surface area contributed by atoms with Crippen molar-refractivity contribution in [1.82, 2.24) is 15.7 Å². The van der Waals surface area contributed by atoms with Crippen LogP contribution < -0.4 is 21.5 Å². The number of aryl methyl sites for hydroxylation is 2. The molecule has 0 spiro atoms. The number of aromatic nitrogens is 1. The Kier molecular flexibility index (Phi) is 16.0. The lowest BCUT2D eigenvalue weighted by Gasteiger charge is -2.28. The maximum atomic E-state index is 11.3. The number of piperazine rings is 1. The highest BCUT2D eigenvalue weighted by Crippen LogP contribution is 2.14. The van der Waals surface area contributed by atoms with E-state index in [4.69, 9.17) is 10.8 Å². The molecule has 0 unspecified atom stereocenters. The van der Waals surface area contributed by atoms with Crippen LogP contribution in [0.25, 0.3) is 0 Å². The zero-order valence-corrected chi connectivity index (χ0v) is 19.3. The molecular formula is C19H29Cl4N5O. The van der Waals surface area contributed by atoms with Gasteiger partial charge in [-0.15, -0.1) is 49.6 Å². The van der Waals surface area contributed by atoms with Crippen molar-refractivity contribution < 1.29 is 4.79 Å². The van der Waals surface area contributed by atoms with E-state index < -0.39 is 0 Å². The van der Waals surface area contributed by atoms with E-state index in [-0.39, 0.29) is 55.5 Å².